The standard InChI is InChI=1S/C11H10ClN3/c12-5-1-2-8-3-4-10-9(6-8)11(13)15-7-14-10/h1-4,6-7H,5H2,(H2,13,14,15). The Morgan fingerprint density at radius 2 is 2.20 bits per heavy atom. The van der Waals surface area contributed by atoms with Crippen LogP contribution in [0.2, 0.25) is 0 Å². The van der Waals surface area contributed by atoms with E-state index in [1.54, 1.807) is 0 Å². The fourth-order valence-corrected chi connectivity index (χ4v) is 1.47. The number of hydrogen-bond donors (Lipinski definition) is 1. The Labute approximate surface area is 92.6 Å². The molecule has 2 rings (SSSR count). The molecule has 2 aromatic rings. The molecular formula is C11H10ClN3. The number of hydrogen-bond acceptors (Lipinski definition) is 3. The number of alkyl halides is 1. The van der Waals surface area contributed by atoms with E-state index in [1.807, 2.05) is 30.4 Å². The molecule has 76 valence electrons. The molecule has 0 saturated heterocycles. The summed E-state index contributed by atoms with van der Waals surface area (Å²) < 4.78 is 0. The summed E-state index contributed by atoms with van der Waals surface area (Å²) in [6, 6.07) is 5.84. The van der Waals surface area contributed by atoms with Crippen molar-refractivity contribution in [3.8, 4) is 0 Å². The molecule has 0 bridgehead atoms. The van der Waals surface area contributed by atoms with Crippen molar-refractivity contribution in [1.82, 2.24) is 9.97 Å². The van der Waals surface area contributed by atoms with Crippen LogP contribution >= 0.6 is 11.6 Å². The molecule has 0 aliphatic heterocycles. The van der Waals surface area contributed by atoms with Crippen molar-refractivity contribution in [2.75, 3.05) is 11.6 Å². The average molecular weight is 220 g/mol. The molecule has 2 N–H and O–H groups in total. The van der Waals surface area contributed by atoms with Crippen LogP contribution < -0.4 is 5.73 Å². The number of halogens is 1. The lowest BCUT2D eigenvalue weighted by molar-refractivity contribution is 1.23. The lowest BCUT2D eigenvalue weighted by Gasteiger charge is -2.00. The van der Waals surface area contributed by atoms with E-state index in [-0.39, 0.29) is 0 Å². The largest absolute Gasteiger partial charge is 0.383 e. The maximum Gasteiger partial charge on any atom is 0.134 e. The van der Waals surface area contributed by atoms with Gasteiger partial charge in [-0.25, -0.2) is 9.97 Å². The number of fused-ring (bicyclic) bond motifs is 1. The summed E-state index contributed by atoms with van der Waals surface area (Å²) >= 11 is 5.56. The molecule has 0 unspecified atom stereocenters. The van der Waals surface area contributed by atoms with Crippen LogP contribution in [-0.4, -0.2) is 15.8 Å². The van der Waals surface area contributed by atoms with Crippen LogP contribution in [0, 0.1) is 0 Å². The minimum Gasteiger partial charge on any atom is -0.383 e. The van der Waals surface area contributed by atoms with Gasteiger partial charge in [-0.1, -0.05) is 18.2 Å². The Morgan fingerprint density at radius 3 is 3.00 bits per heavy atom. The minimum atomic E-state index is 0.499. The first-order valence-corrected chi connectivity index (χ1v) is 5.07. The number of allylic oxidation sites excluding steroid dienone is 1. The topological polar surface area (TPSA) is 51.8 Å². The maximum absolute atomic E-state index is 5.75. The molecule has 0 aliphatic carbocycles. The number of anilines is 1. The van der Waals surface area contributed by atoms with Crippen molar-refractivity contribution in [2.24, 2.45) is 0 Å². The highest BCUT2D eigenvalue weighted by molar-refractivity contribution is 6.19. The van der Waals surface area contributed by atoms with Crippen LogP contribution in [0.1, 0.15) is 5.56 Å². The second-order valence-electron chi connectivity index (χ2n) is 3.09. The molecule has 1 aromatic heterocycles. The first kappa shape index (κ1) is 9.93. The molecule has 4 heteroatoms. The molecule has 0 spiro atoms. The smallest absolute Gasteiger partial charge is 0.134 e. The number of aromatic nitrogens is 2. The monoisotopic (exact) mass is 219 g/mol. The zero-order valence-corrected chi connectivity index (χ0v) is 8.78. The molecule has 1 aromatic carbocycles. The van der Waals surface area contributed by atoms with Crippen molar-refractivity contribution in [3.05, 3.63) is 36.2 Å². The first-order valence-electron chi connectivity index (χ1n) is 4.54. The van der Waals surface area contributed by atoms with Crippen LogP contribution in [0.3, 0.4) is 0 Å². The SMILES string of the molecule is Nc1ncnc2ccc(C=CCCl)cc12. The van der Waals surface area contributed by atoms with Crippen molar-refractivity contribution >= 4 is 34.4 Å². The summed E-state index contributed by atoms with van der Waals surface area (Å²) in [6.45, 7) is 0. The number of nitrogens with zero attached hydrogens (tertiary/aromatic N) is 2. The predicted octanol–water partition coefficient (Wildman–Crippen LogP) is 2.46. The van der Waals surface area contributed by atoms with Crippen LogP contribution in [0.25, 0.3) is 17.0 Å². The molecule has 0 fully saturated rings. The Morgan fingerprint density at radius 1 is 1.33 bits per heavy atom. The van der Waals surface area contributed by atoms with Gasteiger partial charge in [-0.05, 0) is 17.7 Å². The Bertz CT molecular complexity index is 508. The zero-order chi connectivity index (χ0) is 10.7. The van der Waals surface area contributed by atoms with Gasteiger partial charge in [-0.3, -0.25) is 0 Å². The zero-order valence-electron chi connectivity index (χ0n) is 8.02. The second kappa shape index (κ2) is 4.28. The van der Waals surface area contributed by atoms with Gasteiger partial charge in [0.1, 0.15) is 12.1 Å². The van der Waals surface area contributed by atoms with Crippen LogP contribution in [0.15, 0.2) is 30.6 Å². The van der Waals surface area contributed by atoms with Gasteiger partial charge in [0.2, 0.25) is 0 Å². The lowest BCUT2D eigenvalue weighted by atomic mass is 10.1. The van der Waals surface area contributed by atoms with Gasteiger partial charge in [0, 0.05) is 11.3 Å². The van der Waals surface area contributed by atoms with Gasteiger partial charge >= 0.3 is 0 Å². The highest BCUT2D eigenvalue weighted by Crippen LogP contribution is 2.18. The van der Waals surface area contributed by atoms with E-state index in [0.717, 1.165) is 16.5 Å². The quantitative estimate of drug-likeness (QED) is 0.790. The second-order valence-corrected chi connectivity index (χ2v) is 3.40. The highest BCUT2D eigenvalue weighted by atomic mass is 35.5. The lowest BCUT2D eigenvalue weighted by Crippen LogP contribution is -1.93. The first-order chi connectivity index (χ1) is 7.31. The van der Waals surface area contributed by atoms with Gasteiger partial charge in [-0.15, -0.1) is 11.6 Å². The van der Waals surface area contributed by atoms with Crippen LogP contribution in [-0.2, 0) is 0 Å². The number of rotatable bonds is 2. The highest BCUT2D eigenvalue weighted by Gasteiger charge is 1.99. The van der Waals surface area contributed by atoms with E-state index in [2.05, 4.69) is 9.97 Å². The molecule has 0 saturated carbocycles. The Kier molecular flexibility index (Phi) is 2.83. The molecule has 1 heterocycles. The Hall–Kier alpha value is -1.61. The van der Waals surface area contributed by atoms with Crippen molar-refractivity contribution in [1.29, 1.82) is 0 Å². The summed E-state index contributed by atoms with van der Waals surface area (Å²) in [5.74, 6) is 1.000. The molecular weight excluding hydrogens is 210 g/mol. The predicted molar refractivity (Wildman–Crippen MR) is 63.7 cm³/mol. The number of benzene rings is 1. The molecule has 0 amide bonds. The van der Waals surface area contributed by atoms with Gasteiger partial charge in [0.25, 0.3) is 0 Å². The van der Waals surface area contributed by atoms with Gasteiger partial charge in [-0.2, -0.15) is 0 Å². The summed E-state index contributed by atoms with van der Waals surface area (Å²) in [5.41, 5.74) is 7.65. The van der Waals surface area contributed by atoms with Crippen molar-refractivity contribution < 1.29 is 0 Å². The third kappa shape index (κ3) is 2.07. The Balaban J connectivity index is 2.54. The summed E-state index contributed by atoms with van der Waals surface area (Å²) in [5, 5.41) is 0.870. The molecule has 0 radical (unpaired) electrons. The maximum atomic E-state index is 5.75. The molecule has 0 atom stereocenters. The minimum absolute atomic E-state index is 0.499. The summed E-state index contributed by atoms with van der Waals surface area (Å²) in [6.07, 6.45) is 5.29. The van der Waals surface area contributed by atoms with Crippen molar-refractivity contribution in [3.63, 3.8) is 0 Å². The normalized spacial score (nSPS) is 11.3. The van der Waals surface area contributed by atoms with Gasteiger partial charge in [0.05, 0.1) is 5.52 Å². The van der Waals surface area contributed by atoms with E-state index in [0.29, 0.717) is 11.7 Å². The van der Waals surface area contributed by atoms with E-state index >= 15 is 0 Å². The van der Waals surface area contributed by atoms with E-state index in [4.69, 9.17) is 17.3 Å². The molecule has 15 heavy (non-hydrogen) atoms. The van der Waals surface area contributed by atoms with E-state index < -0.39 is 0 Å². The van der Waals surface area contributed by atoms with Gasteiger partial charge in [0.15, 0.2) is 0 Å². The number of nitrogens with two attached hydrogens (primary N) is 1. The van der Waals surface area contributed by atoms with Crippen LogP contribution in [0.5, 0.6) is 0 Å². The molecule has 0 aliphatic rings. The molecule has 3 nitrogen and oxygen atoms in total. The third-order valence-corrected chi connectivity index (χ3v) is 2.27. The van der Waals surface area contributed by atoms with Gasteiger partial charge < -0.3 is 5.73 Å². The average Bonchev–Trinajstić information content (AvgIpc) is 2.27. The fourth-order valence-electron chi connectivity index (χ4n) is 1.38. The fraction of sp³-hybridized carbons (Fsp3) is 0.0909. The third-order valence-electron chi connectivity index (χ3n) is 2.09. The van der Waals surface area contributed by atoms with E-state index in [1.165, 1.54) is 6.33 Å². The van der Waals surface area contributed by atoms with E-state index in [9.17, 15) is 0 Å². The number of nitrogen functional groups attached to an aromatic ring is 1. The summed E-state index contributed by atoms with van der Waals surface area (Å²) in [4.78, 5) is 8.07. The van der Waals surface area contributed by atoms with Crippen molar-refractivity contribution in [2.45, 2.75) is 0 Å². The van der Waals surface area contributed by atoms with Crippen LogP contribution in [0.4, 0.5) is 5.82 Å². The summed E-state index contributed by atoms with van der Waals surface area (Å²) in [7, 11) is 0.